The minimum atomic E-state index is 0.279. The molecule has 1 atom stereocenters. The van der Waals surface area contributed by atoms with Gasteiger partial charge in [0, 0.05) is 6.61 Å². The van der Waals surface area contributed by atoms with E-state index in [9.17, 15) is 0 Å². The Balaban J connectivity index is 2.15. The molecule has 0 unspecified atom stereocenters. The van der Waals surface area contributed by atoms with E-state index in [2.05, 4.69) is 0 Å². The minimum Gasteiger partial charge on any atom is -0.396 e. The predicted octanol–water partition coefficient (Wildman–Crippen LogP) is -0.0364. The number of hydrogen-bond donors (Lipinski definition) is 2. The fourth-order valence-electron chi connectivity index (χ4n) is 0.984. The standard InChI is InChI=1S/C6H13NO/c7-3-6(4-8)5-1-2-5/h5-6,8H,1-4,7H2/t6-/m1/s1. The van der Waals surface area contributed by atoms with E-state index in [1.54, 1.807) is 0 Å². The fourth-order valence-corrected chi connectivity index (χ4v) is 0.984. The minimum absolute atomic E-state index is 0.279. The molecule has 0 amide bonds. The number of aliphatic hydroxyl groups is 1. The smallest absolute Gasteiger partial charge is 0.0473 e. The summed E-state index contributed by atoms with van der Waals surface area (Å²) in [7, 11) is 0. The Hall–Kier alpha value is -0.0800. The quantitative estimate of drug-likeness (QED) is 0.542. The number of aliphatic hydroxyl groups excluding tert-OH is 1. The maximum absolute atomic E-state index is 8.66. The third kappa shape index (κ3) is 1.20. The van der Waals surface area contributed by atoms with Crippen molar-refractivity contribution >= 4 is 0 Å². The molecule has 48 valence electrons. The molecule has 0 aromatic heterocycles. The summed E-state index contributed by atoms with van der Waals surface area (Å²) < 4.78 is 0. The van der Waals surface area contributed by atoms with Gasteiger partial charge in [-0.1, -0.05) is 0 Å². The highest BCUT2D eigenvalue weighted by Crippen LogP contribution is 2.35. The monoisotopic (exact) mass is 115 g/mol. The van der Waals surface area contributed by atoms with Gasteiger partial charge in [0.15, 0.2) is 0 Å². The molecule has 1 fully saturated rings. The van der Waals surface area contributed by atoms with E-state index in [1.807, 2.05) is 0 Å². The molecule has 0 aliphatic heterocycles. The van der Waals surface area contributed by atoms with Crippen LogP contribution >= 0.6 is 0 Å². The van der Waals surface area contributed by atoms with Crippen molar-refractivity contribution in [2.45, 2.75) is 12.8 Å². The second-order valence-corrected chi connectivity index (χ2v) is 2.52. The Morgan fingerprint density at radius 3 is 2.38 bits per heavy atom. The summed E-state index contributed by atoms with van der Waals surface area (Å²) in [6.45, 7) is 0.933. The average Bonchev–Trinajstić information content (AvgIpc) is 2.53. The lowest BCUT2D eigenvalue weighted by atomic mass is 10.1. The zero-order valence-corrected chi connectivity index (χ0v) is 5.01. The number of rotatable bonds is 3. The first-order valence-corrected chi connectivity index (χ1v) is 3.19. The van der Waals surface area contributed by atoms with Gasteiger partial charge in [0.1, 0.15) is 0 Å². The zero-order valence-electron chi connectivity index (χ0n) is 5.01. The molecule has 0 heterocycles. The Labute approximate surface area is 49.7 Å². The summed E-state index contributed by atoms with van der Waals surface area (Å²) in [5.74, 6) is 1.15. The Morgan fingerprint density at radius 1 is 1.62 bits per heavy atom. The third-order valence-electron chi connectivity index (χ3n) is 1.83. The van der Waals surface area contributed by atoms with Crippen molar-refractivity contribution in [3.63, 3.8) is 0 Å². The van der Waals surface area contributed by atoms with Gasteiger partial charge in [0.05, 0.1) is 0 Å². The largest absolute Gasteiger partial charge is 0.396 e. The summed E-state index contributed by atoms with van der Waals surface area (Å²) in [5, 5.41) is 8.66. The van der Waals surface area contributed by atoms with E-state index < -0.39 is 0 Å². The summed E-state index contributed by atoms with van der Waals surface area (Å²) in [4.78, 5) is 0. The highest BCUT2D eigenvalue weighted by atomic mass is 16.3. The summed E-state index contributed by atoms with van der Waals surface area (Å²) in [6.07, 6.45) is 2.56. The highest BCUT2D eigenvalue weighted by molar-refractivity contribution is 4.80. The Bertz CT molecular complexity index is 66.9. The summed E-state index contributed by atoms with van der Waals surface area (Å²) in [6, 6.07) is 0. The predicted molar refractivity (Wildman–Crippen MR) is 32.4 cm³/mol. The van der Waals surface area contributed by atoms with Crippen molar-refractivity contribution < 1.29 is 5.11 Å². The van der Waals surface area contributed by atoms with E-state index >= 15 is 0 Å². The molecular weight excluding hydrogens is 102 g/mol. The highest BCUT2D eigenvalue weighted by Gasteiger charge is 2.29. The Morgan fingerprint density at radius 2 is 2.25 bits per heavy atom. The Kier molecular flexibility index (Phi) is 1.86. The van der Waals surface area contributed by atoms with Gasteiger partial charge < -0.3 is 10.8 Å². The van der Waals surface area contributed by atoms with E-state index in [1.165, 1.54) is 12.8 Å². The average molecular weight is 115 g/mol. The van der Waals surface area contributed by atoms with Crippen LogP contribution in [-0.4, -0.2) is 18.3 Å². The normalized spacial score (nSPS) is 23.2. The van der Waals surface area contributed by atoms with Crippen LogP contribution < -0.4 is 5.73 Å². The molecule has 1 aliphatic carbocycles. The second-order valence-electron chi connectivity index (χ2n) is 2.52. The lowest BCUT2D eigenvalue weighted by Crippen LogP contribution is -2.19. The van der Waals surface area contributed by atoms with Crippen molar-refractivity contribution in [3.05, 3.63) is 0 Å². The molecular formula is C6H13NO. The molecule has 1 saturated carbocycles. The molecule has 0 saturated heterocycles. The molecule has 1 rings (SSSR count). The van der Waals surface area contributed by atoms with Gasteiger partial charge in [-0.25, -0.2) is 0 Å². The fraction of sp³-hybridized carbons (Fsp3) is 1.00. The van der Waals surface area contributed by atoms with Crippen LogP contribution in [0.5, 0.6) is 0 Å². The molecule has 0 aromatic carbocycles. The molecule has 3 N–H and O–H groups in total. The van der Waals surface area contributed by atoms with Gasteiger partial charge in [0.25, 0.3) is 0 Å². The summed E-state index contributed by atoms with van der Waals surface area (Å²) >= 11 is 0. The molecule has 1 aliphatic rings. The molecule has 2 nitrogen and oxygen atoms in total. The van der Waals surface area contributed by atoms with Crippen molar-refractivity contribution in [2.75, 3.05) is 13.2 Å². The van der Waals surface area contributed by atoms with Gasteiger partial charge >= 0.3 is 0 Å². The van der Waals surface area contributed by atoms with E-state index in [4.69, 9.17) is 10.8 Å². The maximum atomic E-state index is 8.66. The molecule has 0 aromatic rings. The van der Waals surface area contributed by atoms with Crippen LogP contribution in [0.4, 0.5) is 0 Å². The van der Waals surface area contributed by atoms with Crippen LogP contribution in [0.15, 0.2) is 0 Å². The summed E-state index contributed by atoms with van der Waals surface area (Å²) in [5.41, 5.74) is 5.36. The molecule has 8 heavy (non-hydrogen) atoms. The van der Waals surface area contributed by atoms with Crippen molar-refractivity contribution in [3.8, 4) is 0 Å². The first kappa shape index (κ1) is 6.05. The molecule has 0 bridgehead atoms. The van der Waals surface area contributed by atoms with Gasteiger partial charge in [-0.3, -0.25) is 0 Å². The number of nitrogens with two attached hydrogens (primary N) is 1. The van der Waals surface area contributed by atoms with Crippen LogP contribution in [0.2, 0.25) is 0 Å². The third-order valence-corrected chi connectivity index (χ3v) is 1.83. The van der Waals surface area contributed by atoms with Gasteiger partial charge in [0.2, 0.25) is 0 Å². The first-order chi connectivity index (χ1) is 3.88. The van der Waals surface area contributed by atoms with Crippen molar-refractivity contribution in [1.82, 2.24) is 0 Å². The van der Waals surface area contributed by atoms with Crippen molar-refractivity contribution in [1.29, 1.82) is 0 Å². The second kappa shape index (κ2) is 2.46. The van der Waals surface area contributed by atoms with E-state index in [0.717, 1.165) is 5.92 Å². The topological polar surface area (TPSA) is 46.2 Å². The van der Waals surface area contributed by atoms with Crippen LogP contribution in [0.3, 0.4) is 0 Å². The van der Waals surface area contributed by atoms with Crippen LogP contribution in [-0.2, 0) is 0 Å². The first-order valence-electron chi connectivity index (χ1n) is 3.19. The zero-order chi connectivity index (χ0) is 5.98. The SMILES string of the molecule is NC[C@H](CO)C1CC1. The van der Waals surface area contributed by atoms with E-state index in [0.29, 0.717) is 12.5 Å². The lowest BCUT2D eigenvalue weighted by molar-refractivity contribution is 0.214. The van der Waals surface area contributed by atoms with Crippen LogP contribution in [0.25, 0.3) is 0 Å². The van der Waals surface area contributed by atoms with Crippen LogP contribution in [0, 0.1) is 11.8 Å². The molecule has 2 heteroatoms. The van der Waals surface area contributed by atoms with Gasteiger partial charge in [-0.2, -0.15) is 0 Å². The lowest BCUT2D eigenvalue weighted by Gasteiger charge is -2.07. The number of hydrogen-bond acceptors (Lipinski definition) is 2. The van der Waals surface area contributed by atoms with Crippen LogP contribution in [0.1, 0.15) is 12.8 Å². The van der Waals surface area contributed by atoms with Gasteiger partial charge in [-0.05, 0) is 31.2 Å². The van der Waals surface area contributed by atoms with Crippen molar-refractivity contribution in [2.24, 2.45) is 17.6 Å². The van der Waals surface area contributed by atoms with Gasteiger partial charge in [-0.15, -0.1) is 0 Å². The van der Waals surface area contributed by atoms with E-state index in [-0.39, 0.29) is 6.61 Å². The molecule has 0 spiro atoms. The maximum Gasteiger partial charge on any atom is 0.0473 e. The molecule has 0 radical (unpaired) electrons.